The topological polar surface area (TPSA) is 23.5 Å². The molecule has 2 nitrogen and oxygen atoms in total. The number of rotatable bonds is 2. The number of aliphatic hydroxyl groups is 1. The van der Waals surface area contributed by atoms with E-state index in [1.807, 2.05) is 0 Å². The second-order valence-corrected chi connectivity index (χ2v) is 4.78. The van der Waals surface area contributed by atoms with Gasteiger partial charge in [0.15, 0.2) is 0 Å². The van der Waals surface area contributed by atoms with E-state index in [2.05, 4.69) is 47.4 Å². The summed E-state index contributed by atoms with van der Waals surface area (Å²) in [4.78, 5) is 2.39. The first-order valence-electron chi connectivity index (χ1n) is 6.22. The normalized spacial score (nSPS) is 20.1. The summed E-state index contributed by atoms with van der Waals surface area (Å²) in [5.41, 5.74) is 1.30. The van der Waals surface area contributed by atoms with Crippen LogP contribution >= 0.6 is 0 Å². The molecule has 0 amide bonds. The molecule has 1 fully saturated rings. The first-order chi connectivity index (χ1) is 8.38. The van der Waals surface area contributed by atoms with Crippen LogP contribution in [0.3, 0.4) is 0 Å². The van der Waals surface area contributed by atoms with Crippen molar-refractivity contribution < 1.29 is 5.11 Å². The van der Waals surface area contributed by atoms with Crippen LogP contribution in [0, 0.1) is 5.92 Å². The van der Waals surface area contributed by atoms with Gasteiger partial charge in [-0.1, -0.05) is 36.4 Å². The summed E-state index contributed by atoms with van der Waals surface area (Å²) in [6, 6.07) is 14.9. The molecule has 1 heterocycles. The van der Waals surface area contributed by atoms with Gasteiger partial charge < -0.3 is 10.0 Å². The molecule has 2 aromatic rings. The van der Waals surface area contributed by atoms with Gasteiger partial charge in [0.1, 0.15) is 0 Å². The van der Waals surface area contributed by atoms with Crippen LogP contribution in [0.15, 0.2) is 42.5 Å². The van der Waals surface area contributed by atoms with E-state index in [1.165, 1.54) is 16.5 Å². The average Bonchev–Trinajstić information content (AvgIpc) is 2.87. The molecule has 1 aliphatic heterocycles. The molecule has 1 atom stereocenters. The molecular weight excluding hydrogens is 210 g/mol. The van der Waals surface area contributed by atoms with Crippen molar-refractivity contribution in [1.29, 1.82) is 0 Å². The van der Waals surface area contributed by atoms with E-state index < -0.39 is 0 Å². The molecule has 0 spiro atoms. The highest BCUT2D eigenvalue weighted by Crippen LogP contribution is 2.30. The average molecular weight is 227 g/mol. The molecule has 0 aliphatic carbocycles. The summed E-state index contributed by atoms with van der Waals surface area (Å²) in [6.45, 7) is 2.34. The summed E-state index contributed by atoms with van der Waals surface area (Å²) in [7, 11) is 0. The SMILES string of the molecule is OCC1CCN(c2cccc3ccccc23)C1. The van der Waals surface area contributed by atoms with E-state index in [-0.39, 0.29) is 0 Å². The van der Waals surface area contributed by atoms with Gasteiger partial charge in [-0.2, -0.15) is 0 Å². The summed E-state index contributed by atoms with van der Waals surface area (Å²) in [5, 5.41) is 11.8. The Kier molecular flexibility index (Phi) is 2.73. The van der Waals surface area contributed by atoms with Crippen molar-refractivity contribution >= 4 is 16.5 Å². The van der Waals surface area contributed by atoms with Crippen LogP contribution < -0.4 is 4.90 Å². The van der Waals surface area contributed by atoms with Gasteiger partial charge in [-0.3, -0.25) is 0 Å². The molecule has 1 aliphatic rings. The lowest BCUT2D eigenvalue weighted by atomic mass is 10.1. The molecule has 0 aromatic heterocycles. The van der Waals surface area contributed by atoms with Gasteiger partial charge in [0.05, 0.1) is 0 Å². The van der Waals surface area contributed by atoms with Crippen molar-refractivity contribution in [3.05, 3.63) is 42.5 Å². The monoisotopic (exact) mass is 227 g/mol. The minimum atomic E-state index is 0.307. The summed E-state index contributed by atoms with van der Waals surface area (Å²) in [5.74, 6) is 0.439. The number of aliphatic hydroxyl groups excluding tert-OH is 1. The zero-order valence-electron chi connectivity index (χ0n) is 9.84. The van der Waals surface area contributed by atoms with Gasteiger partial charge in [-0.15, -0.1) is 0 Å². The van der Waals surface area contributed by atoms with Gasteiger partial charge in [-0.05, 0) is 17.9 Å². The predicted octanol–water partition coefficient (Wildman–Crippen LogP) is 2.66. The first-order valence-corrected chi connectivity index (χ1v) is 6.22. The Morgan fingerprint density at radius 2 is 1.94 bits per heavy atom. The van der Waals surface area contributed by atoms with Gasteiger partial charge in [0, 0.05) is 36.7 Å². The van der Waals surface area contributed by atoms with E-state index in [9.17, 15) is 5.11 Å². The zero-order chi connectivity index (χ0) is 11.7. The van der Waals surface area contributed by atoms with Crippen molar-refractivity contribution in [2.45, 2.75) is 6.42 Å². The predicted molar refractivity (Wildman–Crippen MR) is 71.4 cm³/mol. The van der Waals surface area contributed by atoms with Crippen LogP contribution in [0.5, 0.6) is 0 Å². The second-order valence-electron chi connectivity index (χ2n) is 4.78. The minimum Gasteiger partial charge on any atom is -0.396 e. The fraction of sp³-hybridized carbons (Fsp3) is 0.333. The Balaban J connectivity index is 2.00. The van der Waals surface area contributed by atoms with Crippen LogP contribution in [0.4, 0.5) is 5.69 Å². The summed E-state index contributed by atoms with van der Waals surface area (Å²) in [6.07, 6.45) is 1.10. The third kappa shape index (κ3) is 1.89. The van der Waals surface area contributed by atoms with Crippen LogP contribution in [-0.4, -0.2) is 24.8 Å². The number of anilines is 1. The Labute approximate surface area is 101 Å². The molecular formula is C15H17NO. The molecule has 2 aromatic carbocycles. The molecule has 1 N–H and O–H groups in total. The maximum Gasteiger partial charge on any atom is 0.0476 e. The fourth-order valence-corrected chi connectivity index (χ4v) is 2.68. The van der Waals surface area contributed by atoms with Crippen molar-refractivity contribution in [2.75, 3.05) is 24.6 Å². The molecule has 88 valence electrons. The molecule has 2 heteroatoms. The van der Waals surface area contributed by atoms with Gasteiger partial charge in [0.25, 0.3) is 0 Å². The quantitative estimate of drug-likeness (QED) is 0.852. The Bertz CT molecular complexity index is 518. The zero-order valence-corrected chi connectivity index (χ0v) is 9.84. The second kappa shape index (κ2) is 4.38. The lowest BCUT2D eigenvalue weighted by molar-refractivity contribution is 0.238. The van der Waals surface area contributed by atoms with Crippen molar-refractivity contribution in [1.82, 2.24) is 0 Å². The Morgan fingerprint density at radius 1 is 1.12 bits per heavy atom. The lowest BCUT2D eigenvalue weighted by Gasteiger charge is -2.20. The summed E-state index contributed by atoms with van der Waals surface area (Å²) < 4.78 is 0. The molecule has 1 saturated heterocycles. The van der Waals surface area contributed by atoms with E-state index in [0.717, 1.165) is 19.5 Å². The number of hydrogen-bond acceptors (Lipinski definition) is 2. The van der Waals surface area contributed by atoms with E-state index in [1.54, 1.807) is 0 Å². The minimum absolute atomic E-state index is 0.307. The van der Waals surface area contributed by atoms with E-state index in [4.69, 9.17) is 0 Å². The molecule has 0 bridgehead atoms. The molecule has 3 rings (SSSR count). The van der Waals surface area contributed by atoms with Crippen molar-refractivity contribution in [3.63, 3.8) is 0 Å². The third-order valence-electron chi connectivity index (χ3n) is 3.65. The van der Waals surface area contributed by atoms with Crippen molar-refractivity contribution in [2.24, 2.45) is 5.92 Å². The molecule has 17 heavy (non-hydrogen) atoms. The van der Waals surface area contributed by atoms with Crippen LogP contribution in [0.1, 0.15) is 6.42 Å². The Hall–Kier alpha value is -1.54. The fourth-order valence-electron chi connectivity index (χ4n) is 2.68. The van der Waals surface area contributed by atoms with Gasteiger partial charge in [-0.25, -0.2) is 0 Å². The number of hydrogen-bond donors (Lipinski definition) is 1. The van der Waals surface area contributed by atoms with Gasteiger partial charge >= 0.3 is 0 Å². The highest BCUT2D eigenvalue weighted by Gasteiger charge is 2.22. The lowest BCUT2D eigenvalue weighted by Crippen LogP contribution is -2.20. The van der Waals surface area contributed by atoms with E-state index >= 15 is 0 Å². The molecule has 0 radical (unpaired) electrons. The maximum atomic E-state index is 9.22. The first kappa shape index (κ1) is 10.6. The smallest absolute Gasteiger partial charge is 0.0476 e. The summed E-state index contributed by atoms with van der Waals surface area (Å²) >= 11 is 0. The maximum absolute atomic E-state index is 9.22. The highest BCUT2D eigenvalue weighted by atomic mass is 16.3. The highest BCUT2D eigenvalue weighted by molar-refractivity contribution is 5.94. The number of fused-ring (bicyclic) bond motifs is 1. The van der Waals surface area contributed by atoms with Gasteiger partial charge in [0.2, 0.25) is 0 Å². The standard InChI is InChI=1S/C15H17NO/c17-11-12-8-9-16(10-12)15-7-3-5-13-4-1-2-6-14(13)15/h1-7,12,17H,8-11H2. The largest absolute Gasteiger partial charge is 0.396 e. The molecule has 0 saturated carbocycles. The van der Waals surface area contributed by atoms with Crippen LogP contribution in [-0.2, 0) is 0 Å². The number of benzene rings is 2. The van der Waals surface area contributed by atoms with Crippen molar-refractivity contribution in [3.8, 4) is 0 Å². The number of nitrogens with zero attached hydrogens (tertiary/aromatic N) is 1. The van der Waals surface area contributed by atoms with Crippen LogP contribution in [0.25, 0.3) is 10.8 Å². The Morgan fingerprint density at radius 3 is 2.76 bits per heavy atom. The van der Waals surface area contributed by atoms with Crippen LogP contribution in [0.2, 0.25) is 0 Å². The molecule has 1 unspecified atom stereocenters. The van der Waals surface area contributed by atoms with E-state index in [0.29, 0.717) is 12.5 Å². The third-order valence-corrected chi connectivity index (χ3v) is 3.65.